The average molecular weight is 336 g/mol. The molecule has 2 aliphatic heterocycles. The summed E-state index contributed by atoms with van der Waals surface area (Å²) in [4.78, 5) is 26.0. The van der Waals surface area contributed by atoms with Crippen LogP contribution in [0.1, 0.15) is 32.1 Å². The third-order valence-electron chi connectivity index (χ3n) is 4.63. The molecule has 0 aromatic carbocycles. The van der Waals surface area contributed by atoms with Crippen molar-refractivity contribution >= 4 is 11.8 Å². The van der Waals surface area contributed by atoms with Crippen LogP contribution in [0.2, 0.25) is 0 Å². The zero-order chi connectivity index (χ0) is 17.0. The fraction of sp³-hybridized carbons (Fsp3) is 0.867. The SMILES string of the molecule is COCC1CCCN(C(=O)C2CCC(C(F)(F)F)NC2=O)CC1. The van der Waals surface area contributed by atoms with Gasteiger partial charge in [-0.05, 0) is 38.0 Å². The van der Waals surface area contributed by atoms with Gasteiger partial charge in [0.2, 0.25) is 11.8 Å². The number of ether oxygens (including phenoxy) is 1. The molecular formula is C15H23F3N2O3. The predicted molar refractivity (Wildman–Crippen MR) is 76.5 cm³/mol. The Morgan fingerprint density at radius 3 is 2.61 bits per heavy atom. The molecule has 2 fully saturated rings. The van der Waals surface area contributed by atoms with E-state index in [1.165, 1.54) is 0 Å². The summed E-state index contributed by atoms with van der Waals surface area (Å²) in [6.07, 6.45) is -2.19. The van der Waals surface area contributed by atoms with Crippen molar-refractivity contribution in [3.63, 3.8) is 0 Å². The van der Waals surface area contributed by atoms with Crippen molar-refractivity contribution in [1.29, 1.82) is 0 Å². The van der Waals surface area contributed by atoms with Crippen molar-refractivity contribution in [2.75, 3.05) is 26.8 Å². The fourth-order valence-electron chi connectivity index (χ4n) is 3.30. The number of rotatable bonds is 3. The van der Waals surface area contributed by atoms with Gasteiger partial charge in [-0.1, -0.05) is 0 Å². The van der Waals surface area contributed by atoms with Crippen LogP contribution in [-0.4, -0.2) is 55.7 Å². The fourth-order valence-corrected chi connectivity index (χ4v) is 3.30. The minimum absolute atomic E-state index is 0.0488. The van der Waals surface area contributed by atoms with Crippen LogP contribution in [0, 0.1) is 11.8 Å². The minimum Gasteiger partial charge on any atom is -0.384 e. The van der Waals surface area contributed by atoms with Crippen molar-refractivity contribution in [2.45, 2.75) is 44.3 Å². The largest absolute Gasteiger partial charge is 0.408 e. The van der Waals surface area contributed by atoms with Crippen LogP contribution in [0.5, 0.6) is 0 Å². The van der Waals surface area contributed by atoms with Crippen molar-refractivity contribution in [1.82, 2.24) is 10.2 Å². The molecule has 8 heteroatoms. The molecule has 0 spiro atoms. The third kappa shape index (κ3) is 4.59. The monoisotopic (exact) mass is 336 g/mol. The van der Waals surface area contributed by atoms with Crippen molar-refractivity contribution in [3.8, 4) is 0 Å². The van der Waals surface area contributed by atoms with Crippen LogP contribution in [0.3, 0.4) is 0 Å². The molecule has 0 radical (unpaired) electrons. The van der Waals surface area contributed by atoms with E-state index in [2.05, 4.69) is 0 Å². The van der Waals surface area contributed by atoms with E-state index < -0.39 is 24.0 Å². The summed E-state index contributed by atoms with van der Waals surface area (Å²) < 4.78 is 43.1. The highest BCUT2D eigenvalue weighted by atomic mass is 19.4. The van der Waals surface area contributed by atoms with E-state index in [9.17, 15) is 22.8 Å². The van der Waals surface area contributed by atoms with Gasteiger partial charge in [0, 0.05) is 26.8 Å². The van der Waals surface area contributed by atoms with E-state index in [1.807, 2.05) is 5.32 Å². The average Bonchev–Trinajstić information content (AvgIpc) is 2.71. The molecule has 3 unspecified atom stereocenters. The molecular weight excluding hydrogens is 313 g/mol. The molecule has 5 nitrogen and oxygen atoms in total. The maximum atomic E-state index is 12.6. The second-order valence-electron chi connectivity index (χ2n) is 6.31. The third-order valence-corrected chi connectivity index (χ3v) is 4.63. The van der Waals surface area contributed by atoms with E-state index in [1.54, 1.807) is 12.0 Å². The molecule has 3 atom stereocenters. The second kappa shape index (κ2) is 7.51. The number of nitrogens with one attached hydrogen (secondary N) is 1. The van der Waals surface area contributed by atoms with Gasteiger partial charge >= 0.3 is 6.18 Å². The molecule has 2 saturated heterocycles. The van der Waals surface area contributed by atoms with E-state index >= 15 is 0 Å². The first-order chi connectivity index (χ1) is 10.8. The number of amides is 2. The number of carbonyl (C=O) groups is 2. The maximum Gasteiger partial charge on any atom is 0.408 e. The highest BCUT2D eigenvalue weighted by molar-refractivity contribution is 6.00. The Morgan fingerprint density at radius 1 is 1.26 bits per heavy atom. The van der Waals surface area contributed by atoms with Crippen molar-refractivity contribution in [2.24, 2.45) is 11.8 Å². The molecule has 0 bridgehead atoms. The van der Waals surface area contributed by atoms with Gasteiger partial charge in [0.05, 0.1) is 0 Å². The van der Waals surface area contributed by atoms with Crippen LogP contribution < -0.4 is 5.32 Å². The molecule has 2 heterocycles. The van der Waals surface area contributed by atoms with E-state index in [4.69, 9.17) is 4.74 Å². The van der Waals surface area contributed by atoms with Crippen LogP contribution in [-0.2, 0) is 14.3 Å². The van der Waals surface area contributed by atoms with Crippen molar-refractivity contribution < 1.29 is 27.5 Å². The van der Waals surface area contributed by atoms with Gasteiger partial charge in [-0.25, -0.2) is 0 Å². The van der Waals surface area contributed by atoms with Crippen molar-refractivity contribution in [3.05, 3.63) is 0 Å². The summed E-state index contributed by atoms with van der Waals surface area (Å²) in [6.45, 7) is 1.71. The number of piperidine rings is 1. The molecule has 2 aliphatic rings. The number of hydrogen-bond donors (Lipinski definition) is 1. The number of nitrogens with zero attached hydrogens (tertiary/aromatic N) is 1. The lowest BCUT2D eigenvalue weighted by molar-refractivity contribution is -0.172. The van der Waals surface area contributed by atoms with Crippen LogP contribution in [0.25, 0.3) is 0 Å². The summed E-state index contributed by atoms with van der Waals surface area (Å²) in [5, 5.41) is 1.94. The standard InChI is InChI=1S/C15H23F3N2O3/c1-23-9-10-3-2-7-20(8-6-10)14(22)11-4-5-12(15(16,17)18)19-13(11)21/h10-12H,2-9H2,1H3,(H,19,21). The molecule has 132 valence electrons. The number of hydrogen-bond acceptors (Lipinski definition) is 3. The molecule has 2 rings (SSSR count). The summed E-state index contributed by atoms with van der Waals surface area (Å²) in [6, 6.07) is -1.84. The van der Waals surface area contributed by atoms with Crippen LogP contribution >= 0.6 is 0 Å². The van der Waals surface area contributed by atoms with E-state index in [-0.39, 0.29) is 18.7 Å². The quantitative estimate of drug-likeness (QED) is 0.799. The minimum atomic E-state index is -4.46. The smallest absolute Gasteiger partial charge is 0.384 e. The normalized spacial score (nSPS) is 29.8. The molecule has 0 aliphatic carbocycles. The number of carbonyl (C=O) groups excluding carboxylic acids is 2. The van der Waals surface area contributed by atoms with E-state index in [0.29, 0.717) is 25.6 Å². The Bertz CT molecular complexity index is 442. The van der Waals surface area contributed by atoms with Gasteiger partial charge in [0.25, 0.3) is 0 Å². The lowest BCUT2D eigenvalue weighted by atomic mass is 9.92. The van der Waals surface area contributed by atoms with Gasteiger partial charge in [0.15, 0.2) is 0 Å². The summed E-state index contributed by atoms with van der Waals surface area (Å²) in [5.41, 5.74) is 0. The summed E-state index contributed by atoms with van der Waals surface area (Å²) in [7, 11) is 1.64. The number of halogens is 3. The highest BCUT2D eigenvalue weighted by Gasteiger charge is 2.46. The van der Waals surface area contributed by atoms with Gasteiger partial charge in [-0.2, -0.15) is 13.2 Å². The first-order valence-electron chi connectivity index (χ1n) is 7.97. The molecule has 0 aromatic rings. The van der Waals surface area contributed by atoms with Crippen LogP contribution in [0.15, 0.2) is 0 Å². The Labute approximate surface area is 133 Å². The molecule has 2 amide bonds. The molecule has 1 N–H and O–H groups in total. The molecule has 23 heavy (non-hydrogen) atoms. The first kappa shape index (κ1) is 18.0. The lowest BCUT2D eigenvalue weighted by Gasteiger charge is -2.32. The second-order valence-corrected chi connectivity index (χ2v) is 6.31. The Kier molecular flexibility index (Phi) is 5.89. The summed E-state index contributed by atoms with van der Waals surface area (Å²) >= 11 is 0. The highest BCUT2D eigenvalue weighted by Crippen LogP contribution is 2.29. The molecule has 0 aromatic heterocycles. The van der Waals surface area contributed by atoms with Crippen LogP contribution in [0.4, 0.5) is 13.2 Å². The topological polar surface area (TPSA) is 58.6 Å². The lowest BCUT2D eigenvalue weighted by Crippen LogP contribution is -2.55. The Morgan fingerprint density at radius 2 is 2.00 bits per heavy atom. The number of alkyl halides is 3. The van der Waals surface area contributed by atoms with Gasteiger partial charge in [-0.15, -0.1) is 0 Å². The zero-order valence-corrected chi connectivity index (χ0v) is 13.2. The zero-order valence-electron chi connectivity index (χ0n) is 13.2. The summed E-state index contributed by atoms with van der Waals surface area (Å²) in [5.74, 6) is -1.76. The number of methoxy groups -OCH3 is 1. The van der Waals surface area contributed by atoms with Gasteiger partial charge in [0.1, 0.15) is 12.0 Å². The van der Waals surface area contributed by atoms with Gasteiger partial charge < -0.3 is 15.0 Å². The Balaban J connectivity index is 1.92. The maximum absolute atomic E-state index is 12.6. The first-order valence-corrected chi connectivity index (χ1v) is 7.97. The number of likely N-dealkylation sites (tertiary alicyclic amines) is 1. The predicted octanol–water partition coefficient (Wildman–Crippen LogP) is 1.72. The Hall–Kier alpha value is -1.31. The van der Waals surface area contributed by atoms with Gasteiger partial charge in [-0.3, -0.25) is 9.59 Å². The van der Waals surface area contributed by atoms with E-state index in [0.717, 1.165) is 19.3 Å². The molecule has 0 saturated carbocycles.